The normalized spacial score (nSPS) is 27.4. The van der Waals surface area contributed by atoms with Crippen LogP contribution in [0.5, 0.6) is 0 Å². The quantitative estimate of drug-likeness (QED) is 0.0489. The molecule has 3 rings (SSSR count). The SMILES string of the molecule is NC1(CC(=O)[O-])CCCC(CC(=O)[O-])(CC(=O)[O-])C1(N)CC(=O)[O-].NC1(CC(=O)[O-])CCCC(CC(=O)[O-])(CC(=O)[O-])C1(N)CC(=O)[O-].NC1(CC(=O)[O-])CCCC(CC(=O)[O-])(CC(=O)[O-])C1(N)CC(=O)[O-].[Fe+3].[Fe+3].[Fe+3].[Fe+3]. The Bertz CT molecular complexity index is 1900. The Morgan fingerprint density at radius 2 is 0.368 bits per heavy atom. The Morgan fingerprint density at radius 1 is 0.237 bits per heavy atom. The minimum Gasteiger partial charge on any atom is -0.550 e. The molecule has 3 aliphatic rings. The standard InChI is InChI=1S/3C14H22N2O8.4Fe/c3*15-13(6-10(21)22)3-1-2-12(4-8(17)18,5-9(19)20)14(13,16)7-11(23)24;;;;/h3*1-7,15-16H2,(H,17,18)(H,19,20)(H,21,22)(H,23,24);;;;/q;;;4*+3/p-12. The van der Waals surface area contributed by atoms with E-state index in [-0.39, 0.29) is 126 Å². The van der Waals surface area contributed by atoms with Gasteiger partial charge in [0, 0.05) is 160 Å². The van der Waals surface area contributed by atoms with E-state index in [1.807, 2.05) is 0 Å². The molecular formula is C42H54Fe4N6O24. The fraction of sp³-hybridized carbons (Fsp3) is 0.714. The van der Waals surface area contributed by atoms with Gasteiger partial charge in [-0.15, -0.1) is 0 Å². The summed E-state index contributed by atoms with van der Waals surface area (Å²) in [5, 5.41) is 134. The second-order valence-corrected chi connectivity index (χ2v) is 19.4. The molecule has 0 amide bonds. The number of nitrogens with two attached hydrogens (primary N) is 6. The van der Waals surface area contributed by atoms with E-state index in [1.54, 1.807) is 0 Å². The van der Waals surface area contributed by atoms with E-state index in [0.29, 0.717) is 0 Å². The van der Waals surface area contributed by atoms with Gasteiger partial charge in [-0.05, 0) is 77.0 Å². The van der Waals surface area contributed by atoms with Crippen LogP contribution in [0.1, 0.15) is 135 Å². The maximum atomic E-state index is 11.2. The summed E-state index contributed by atoms with van der Waals surface area (Å²) in [7, 11) is 0. The van der Waals surface area contributed by atoms with Crippen molar-refractivity contribution in [1.82, 2.24) is 0 Å². The first-order chi connectivity index (χ1) is 32.6. The van der Waals surface area contributed by atoms with E-state index in [0.717, 1.165) is 0 Å². The summed E-state index contributed by atoms with van der Waals surface area (Å²) in [6, 6.07) is 0. The zero-order chi connectivity index (χ0) is 56.3. The van der Waals surface area contributed by atoms with E-state index >= 15 is 0 Å². The molecule has 4 radical (unpaired) electrons. The van der Waals surface area contributed by atoms with Crippen molar-refractivity contribution in [3.63, 3.8) is 0 Å². The van der Waals surface area contributed by atoms with Gasteiger partial charge in [0.25, 0.3) is 0 Å². The molecule has 3 fully saturated rings. The average molecular weight is 1250 g/mol. The van der Waals surface area contributed by atoms with Crippen molar-refractivity contribution >= 4 is 71.6 Å². The Kier molecular flexibility index (Phi) is 30.8. The number of hydrogen-bond donors (Lipinski definition) is 6. The van der Waals surface area contributed by atoms with Crippen LogP contribution in [-0.2, 0) is 126 Å². The van der Waals surface area contributed by atoms with Crippen LogP contribution in [0.2, 0.25) is 0 Å². The van der Waals surface area contributed by atoms with Crippen LogP contribution in [0.4, 0.5) is 0 Å². The van der Waals surface area contributed by atoms with Gasteiger partial charge in [-0.25, -0.2) is 0 Å². The molecule has 0 spiro atoms. The van der Waals surface area contributed by atoms with Gasteiger partial charge in [0.05, 0.1) is 0 Å². The monoisotopic (exact) mass is 1250 g/mol. The van der Waals surface area contributed by atoms with Gasteiger partial charge in [-0.3, -0.25) is 0 Å². The molecule has 0 heterocycles. The number of rotatable bonds is 24. The number of aliphatic carboxylic acids is 12. The zero-order valence-corrected chi connectivity index (χ0v) is 44.4. The van der Waals surface area contributed by atoms with Crippen molar-refractivity contribution < 1.29 is 187 Å². The van der Waals surface area contributed by atoms with Crippen molar-refractivity contribution in [2.45, 2.75) is 168 Å². The smallest absolute Gasteiger partial charge is 0.550 e. The third-order valence-corrected chi connectivity index (χ3v) is 14.9. The zero-order valence-electron chi connectivity index (χ0n) is 40.0. The Labute approximate surface area is 475 Å². The van der Waals surface area contributed by atoms with Gasteiger partial charge in [-0.2, -0.15) is 0 Å². The predicted octanol–water partition coefficient (Wildman–Crippen LogP) is -17.7. The number of carboxylic acid groups (broad SMARTS) is 12. The molecule has 0 aliphatic heterocycles. The second kappa shape index (κ2) is 30.0. The van der Waals surface area contributed by atoms with Gasteiger partial charge in [0.15, 0.2) is 0 Å². The van der Waals surface area contributed by atoms with Crippen molar-refractivity contribution in [3.05, 3.63) is 0 Å². The maximum absolute atomic E-state index is 11.2. The molecule has 3 aliphatic carbocycles. The first-order valence-corrected chi connectivity index (χ1v) is 21.7. The van der Waals surface area contributed by atoms with Crippen LogP contribution in [0, 0.1) is 16.2 Å². The fourth-order valence-corrected chi connectivity index (χ4v) is 11.8. The summed E-state index contributed by atoms with van der Waals surface area (Å²) in [6.45, 7) is 0. The van der Waals surface area contributed by atoms with Crippen LogP contribution in [0.3, 0.4) is 0 Å². The topological polar surface area (TPSA) is 638 Å². The first kappa shape index (κ1) is 78.0. The molecule has 0 aromatic rings. The minimum absolute atomic E-state index is 0. The summed E-state index contributed by atoms with van der Waals surface area (Å²) >= 11 is 0. The average Bonchev–Trinajstić information content (AvgIpc) is 3.13. The van der Waals surface area contributed by atoms with Gasteiger partial charge < -0.3 is 153 Å². The summed E-state index contributed by atoms with van der Waals surface area (Å²) in [6.07, 6.45) is -11.1. The van der Waals surface area contributed by atoms with E-state index < -0.39 is 198 Å². The van der Waals surface area contributed by atoms with E-state index in [4.69, 9.17) is 34.4 Å². The second-order valence-electron chi connectivity index (χ2n) is 19.4. The first-order valence-electron chi connectivity index (χ1n) is 21.7. The van der Waals surface area contributed by atoms with E-state index in [9.17, 15) is 119 Å². The Morgan fingerprint density at radius 3 is 0.487 bits per heavy atom. The molecule has 6 unspecified atom stereocenters. The minimum atomic E-state index is -2.18. The van der Waals surface area contributed by atoms with Crippen molar-refractivity contribution in [2.24, 2.45) is 50.6 Å². The van der Waals surface area contributed by atoms with Crippen molar-refractivity contribution in [3.8, 4) is 0 Å². The number of hydrogen-bond acceptors (Lipinski definition) is 30. The van der Waals surface area contributed by atoms with Gasteiger partial charge in [0.1, 0.15) is 0 Å². The molecule has 0 bridgehead atoms. The Balaban J connectivity index is -0.000000498. The van der Waals surface area contributed by atoms with Crippen LogP contribution in [0.15, 0.2) is 0 Å². The van der Waals surface area contributed by atoms with Crippen molar-refractivity contribution in [1.29, 1.82) is 0 Å². The molecule has 12 N–H and O–H groups in total. The third-order valence-electron chi connectivity index (χ3n) is 14.9. The predicted molar refractivity (Wildman–Crippen MR) is 206 cm³/mol. The molecule has 0 aromatic carbocycles. The summed E-state index contributed by atoms with van der Waals surface area (Å²) < 4.78 is 0. The fourth-order valence-electron chi connectivity index (χ4n) is 11.8. The molecule has 30 nitrogen and oxygen atoms in total. The van der Waals surface area contributed by atoms with Gasteiger partial charge in [-0.1, -0.05) is 19.3 Å². The van der Waals surface area contributed by atoms with Crippen LogP contribution < -0.4 is 95.7 Å². The van der Waals surface area contributed by atoms with Crippen LogP contribution in [0.25, 0.3) is 0 Å². The maximum Gasteiger partial charge on any atom is 3.00 e. The number of carbonyl (C=O) groups is 12. The molecule has 76 heavy (non-hydrogen) atoms. The number of carboxylic acids is 12. The van der Waals surface area contributed by atoms with E-state index in [1.165, 1.54) is 0 Å². The molecule has 3 saturated carbocycles. The largest absolute Gasteiger partial charge is 3.00 e. The van der Waals surface area contributed by atoms with Gasteiger partial charge in [0.2, 0.25) is 0 Å². The molecule has 428 valence electrons. The van der Waals surface area contributed by atoms with Crippen LogP contribution >= 0.6 is 0 Å². The molecule has 34 heteroatoms. The molecule has 0 saturated heterocycles. The van der Waals surface area contributed by atoms with E-state index in [2.05, 4.69) is 0 Å². The van der Waals surface area contributed by atoms with Crippen molar-refractivity contribution in [2.75, 3.05) is 0 Å². The molecular weight excluding hydrogens is 1200 g/mol. The van der Waals surface area contributed by atoms with Gasteiger partial charge >= 0.3 is 68.3 Å². The molecule has 6 atom stereocenters. The summed E-state index contributed by atoms with van der Waals surface area (Å²) in [5.41, 5.74) is 18.8. The summed E-state index contributed by atoms with van der Waals surface area (Å²) in [5.74, 6) is -20.0. The van der Waals surface area contributed by atoms with Crippen LogP contribution in [-0.4, -0.2) is 105 Å². The number of carbonyl (C=O) groups excluding carboxylic acids is 12. The Hall–Kier alpha value is -4.52. The molecule has 0 aromatic heterocycles. The summed E-state index contributed by atoms with van der Waals surface area (Å²) in [4.78, 5) is 134. The third kappa shape index (κ3) is 18.3.